The number of rotatable bonds is 3. The first-order valence-corrected chi connectivity index (χ1v) is 6.18. The number of anilines is 2. The van der Waals surface area contributed by atoms with Crippen LogP contribution in [0.3, 0.4) is 0 Å². The molecule has 3 aromatic rings. The van der Waals surface area contributed by atoms with Crippen molar-refractivity contribution >= 4 is 17.2 Å². The quantitative estimate of drug-likeness (QED) is 0.775. The van der Waals surface area contributed by atoms with Gasteiger partial charge in [-0.1, -0.05) is 13.0 Å². The van der Waals surface area contributed by atoms with E-state index in [0.29, 0.717) is 11.5 Å². The van der Waals surface area contributed by atoms with Crippen LogP contribution in [0.2, 0.25) is 0 Å². The van der Waals surface area contributed by atoms with E-state index >= 15 is 0 Å². The van der Waals surface area contributed by atoms with Crippen molar-refractivity contribution in [3.63, 3.8) is 0 Å². The molecule has 6 heteroatoms. The molecule has 0 saturated carbocycles. The van der Waals surface area contributed by atoms with E-state index in [4.69, 9.17) is 0 Å². The van der Waals surface area contributed by atoms with Gasteiger partial charge in [0.1, 0.15) is 0 Å². The third-order valence-electron chi connectivity index (χ3n) is 3.07. The summed E-state index contributed by atoms with van der Waals surface area (Å²) in [5.74, 6) is 0.714. The maximum Gasteiger partial charge on any atom is 0.200 e. The van der Waals surface area contributed by atoms with Crippen molar-refractivity contribution in [2.75, 3.05) is 5.32 Å². The van der Waals surface area contributed by atoms with Crippen molar-refractivity contribution in [1.29, 1.82) is 0 Å². The lowest BCUT2D eigenvalue weighted by Crippen LogP contribution is -2.00. The minimum atomic E-state index is 0.628. The molecule has 0 radical (unpaired) electrons. The number of nitrogens with one attached hydrogen (secondary N) is 1. The van der Waals surface area contributed by atoms with Crippen LogP contribution in [0.4, 0.5) is 11.5 Å². The Morgan fingerprint density at radius 2 is 2.11 bits per heavy atom. The number of fused-ring (bicyclic) bond motifs is 1. The Bertz CT molecular complexity index is 718. The molecule has 0 aliphatic heterocycles. The van der Waals surface area contributed by atoms with Crippen LogP contribution < -0.4 is 5.32 Å². The van der Waals surface area contributed by atoms with Gasteiger partial charge < -0.3 is 5.32 Å². The number of hydrogen-bond donors (Lipinski definition) is 1. The summed E-state index contributed by atoms with van der Waals surface area (Å²) in [5, 5.41) is 18.7. The van der Waals surface area contributed by atoms with Gasteiger partial charge in [-0.05, 0) is 59.2 Å². The largest absolute Gasteiger partial charge is 0.339 e. The fraction of sp³-hybridized carbons (Fsp3) is 0.231. The zero-order chi connectivity index (χ0) is 13.2. The number of benzene rings is 1. The fourth-order valence-corrected chi connectivity index (χ4v) is 1.99. The molecule has 0 fully saturated rings. The van der Waals surface area contributed by atoms with Gasteiger partial charge in [-0.15, -0.1) is 14.8 Å². The van der Waals surface area contributed by atoms with Crippen LogP contribution in [0.25, 0.3) is 5.65 Å². The smallest absolute Gasteiger partial charge is 0.200 e. The van der Waals surface area contributed by atoms with E-state index < -0.39 is 0 Å². The molecule has 0 unspecified atom stereocenters. The first kappa shape index (κ1) is 11.6. The van der Waals surface area contributed by atoms with Crippen LogP contribution in [0.5, 0.6) is 0 Å². The number of aromatic nitrogens is 5. The van der Waals surface area contributed by atoms with Gasteiger partial charge in [0.25, 0.3) is 0 Å². The van der Waals surface area contributed by atoms with Crippen LogP contribution in [-0.2, 0) is 6.42 Å². The summed E-state index contributed by atoms with van der Waals surface area (Å²) < 4.78 is 1.40. The van der Waals surface area contributed by atoms with Gasteiger partial charge in [0.05, 0.1) is 0 Å². The van der Waals surface area contributed by atoms with Crippen molar-refractivity contribution in [1.82, 2.24) is 25.3 Å². The molecule has 2 aromatic heterocycles. The van der Waals surface area contributed by atoms with Gasteiger partial charge in [0, 0.05) is 5.69 Å². The van der Waals surface area contributed by atoms with Crippen molar-refractivity contribution in [2.24, 2.45) is 0 Å². The predicted octanol–water partition coefficient (Wildman–Crippen LogP) is 2.13. The van der Waals surface area contributed by atoms with Crippen molar-refractivity contribution in [3.05, 3.63) is 41.5 Å². The molecule has 0 atom stereocenters. The Morgan fingerprint density at radius 1 is 1.21 bits per heavy atom. The highest BCUT2D eigenvalue weighted by Crippen LogP contribution is 2.19. The van der Waals surface area contributed by atoms with Crippen molar-refractivity contribution < 1.29 is 0 Å². The maximum absolute atomic E-state index is 4.28. The minimum Gasteiger partial charge on any atom is -0.339 e. The minimum absolute atomic E-state index is 0.628. The standard InChI is InChI=1S/C13H14N6/c1-3-10-8-11(5-4-9(10)2)14-12-6-7-13-15-17-18-19(13)16-12/h4-8H,3H2,1-2H3,(H,14,16). The van der Waals surface area contributed by atoms with E-state index in [9.17, 15) is 0 Å². The van der Waals surface area contributed by atoms with E-state index in [-0.39, 0.29) is 0 Å². The summed E-state index contributed by atoms with van der Waals surface area (Å²) in [6, 6.07) is 9.97. The average Bonchev–Trinajstić information content (AvgIpc) is 2.88. The third kappa shape index (κ3) is 2.24. The molecule has 0 amide bonds. The Labute approximate surface area is 110 Å². The average molecular weight is 254 g/mol. The summed E-state index contributed by atoms with van der Waals surface area (Å²) in [5.41, 5.74) is 4.27. The summed E-state index contributed by atoms with van der Waals surface area (Å²) in [6.45, 7) is 4.27. The Balaban J connectivity index is 1.91. The summed E-state index contributed by atoms with van der Waals surface area (Å²) in [6.07, 6.45) is 1.01. The second-order valence-corrected chi connectivity index (χ2v) is 4.36. The zero-order valence-corrected chi connectivity index (χ0v) is 10.8. The zero-order valence-electron chi connectivity index (χ0n) is 10.8. The molecule has 2 heterocycles. The predicted molar refractivity (Wildman–Crippen MR) is 72.4 cm³/mol. The lowest BCUT2D eigenvalue weighted by atomic mass is 10.1. The highest BCUT2D eigenvalue weighted by molar-refractivity contribution is 5.58. The SMILES string of the molecule is CCc1cc(Nc2ccc3nnnn3n2)ccc1C. The first-order chi connectivity index (χ1) is 9.26. The molecule has 3 rings (SSSR count). The first-order valence-electron chi connectivity index (χ1n) is 6.18. The van der Waals surface area contributed by atoms with E-state index in [1.165, 1.54) is 15.8 Å². The van der Waals surface area contributed by atoms with Crippen molar-refractivity contribution in [2.45, 2.75) is 20.3 Å². The number of nitrogens with zero attached hydrogens (tertiary/aromatic N) is 5. The van der Waals surface area contributed by atoms with Crippen LogP contribution >= 0.6 is 0 Å². The summed E-state index contributed by atoms with van der Waals surface area (Å²) in [4.78, 5) is 0. The summed E-state index contributed by atoms with van der Waals surface area (Å²) in [7, 11) is 0. The lowest BCUT2D eigenvalue weighted by Gasteiger charge is -2.09. The van der Waals surface area contributed by atoms with Gasteiger partial charge in [0.15, 0.2) is 11.5 Å². The molecule has 1 aromatic carbocycles. The number of hydrogen-bond acceptors (Lipinski definition) is 5. The molecule has 96 valence electrons. The van der Waals surface area contributed by atoms with Gasteiger partial charge in [-0.2, -0.15) is 0 Å². The van der Waals surface area contributed by atoms with E-state index in [0.717, 1.165) is 12.1 Å². The maximum atomic E-state index is 4.28. The molecule has 0 spiro atoms. The molecular weight excluding hydrogens is 240 g/mol. The van der Waals surface area contributed by atoms with Gasteiger partial charge in [0.2, 0.25) is 0 Å². The molecule has 1 N–H and O–H groups in total. The Kier molecular flexibility index (Phi) is 2.83. The van der Waals surface area contributed by atoms with Crippen LogP contribution in [0.15, 0.2) is 30.3 Å². The Morgan fingerprint density at radius 3 is 2.95 bits per heavy atom. The van der Waals surface area contributed by atoms with E-state index in [1.807, 2.05) is 18.2 Å². The number of tetrazole rings is 1. The second kappa shape index (κ2) is 4.64. The van der Waals surface area contributed by atoms with Crippen LogP contribution in [0, 0.1) is 6.92 Å². The molecule has 19 heavy (non-hydrogen) atoms. The van der Waals surface area contributed by atoms with Gasteiger partial charge in [-0.25, -0.2) is 0 Å². The Hall–Kier alpha value is -2.50. The van der Waals surface area contributed by atoms with Crippen LogP contribution in [0.1, 0.15) is 18.1 Å². The summed E-state index contributed by atoms with van der Waals surface area (Å²) >= 11 is 0. The highest BCUT2D eigenvalue weighted by atomic mass is 15.6. The lowest BCUT2D eigenvalue weighted by molar-refractivity contribution is 0.736. The van der Waals surface area contributed by atoms with Gasteiger partial charge in [-0.3, -0.25) is 0 Å². The van der Waals surface area contributed by atoms with E-state index in [1.54, 1.807) is 0 Å². The fourth-order valence-electron chi connectivity index (χ4n) is 1.99. The molecular formula is C13H14N6. The molecule has 0 saturated heterocycles. The molecule has 0 bridgehead atoms. The normalized spacial score (nSPS) is 10.8. The monoisotopic (exact) mass is 254 g/mol. The second-order valence-electron chi connectivity index (χ2n) is 4.36. The molecule has 6 nitrogen and oxygen atoms in total. The van der Waals surface area contributed by atoms with Gasteiger partial charge >= 0.3 is 0 Å². The third-order valence-corrected chi connectivity index (χ3v) is 3.07. The van der Waals surface area contributed by atoms with E-state index in [2.05, 4.69) is 51.9 Å². The topological polar surface area (TPSA) is 68.0 Å². The highest BCUT2D eigenvalue weighted by Gasteiger charge is 2.03. The van der Waals surface area contributed by atoms with Crippen molar-refractivity contribution in [3.8, 4) is 0 Å². The molecule has 0 aliphatic carbocycles. The number of aryl methyl sites for hydroxylation is 2. The molecule has 0 aliphatic rings. The van der Waals surface area contributed by atoms with Crippen LogP contribution in [-0.4, -0.2) is 25.3 Å².